The lowest BCUT2D eigenvalue weighted by molar-refractivity contribution is -0.144. The molecule has 1 aromatic carbocycles. The smallest absolute Gasteiger partial charge is 0.345 e. The fraction of sp³-hybridized carbons (Fsp3) is 0.429. The first-order valence-corrected chi connectivity index (χ1v) is 6.52. The van der Waals surface area contributed by atoms with E-state index in [4.69, 9.17) is 14.6 Å². The first-order chi connectivity index (χ1) is 9.60. The number of hydrogen-bond acceptors (Lipinski definition) is 4. The van der Waals surface area contributed by atoms with Crippen molar-refractivity contribution in [2.24, 2.45) is 0 Å². The van der Waals surface area contributed by atoms with E-state index in [1.54, 1.807) is 18.2 Å². The molecule has 0 fully saturated rings. The van der Waals surface area contributed by atoms with E-state index >= 15 is 0 Å². The third-order valence-electron chi connectivity index (χ3n) is 2.93. The fourth-order valence-electron chi connectivity index (χ4n) is 1.90. The number of fused-ring (bicyclic) bond motifs is 1. The van der Waals surface area contributed by atoms with Crippen molar-refractivity contribution in [1.82, 2.24) is 5.32 Å². The zero-order valence-electron chi connectivity index (χ0n) is 11.2. The van der Waals surface area contributed by atoms with Crippen LogP contribution < -0.4 is 14.8 Å². The number of hydrogen-bond donors (Lipinski definition) is 2. The maximum Gasteiger partial charge on any atom is 0.345 e. The summed E-state index contributed by atoms with van der Waals surface area (Å²) in [4.78, 5) is 22.3. The second kappa shape index (κ2) is 6.27. The molecule has 2 rings (SSSR count). The summed E-state index contributed by atoms with van der Waals surface area (Å²) in [6, 6.07) is 5.09. The highest BCUT2D eigenvalue weighted by Crippen LogP contribution is 2.32. The molecule has 1 heterocycles. The summed E-state index contributed by atoms with van der Waals surface area (Å²) >= 11 is 0. The third kappa shape index (κ3) is 3.40. The van der Waals surface area contributed by atoms with Gasteiger partial charge in [-0.15, -0.1) is 0 Å². The lowest BCUT2D eigenvalue weighted by Crippen LogP contribution is -2.29. The van der Waals surface area contributed by atoms with Gasteiger partial charge in [-0.3, -0.25) is 4.79 Å². The van der Waals surface area contributed by atoms with Crippen LogP contribution in [0.15, 0.2) is 18.2 Å². The van der Waals surface area contributed by atoms with E-state index in [2.05, 4.69) is 5.32 Å². The number of nitrogens with one attached hydrogen (secondary N) is 1. The van der Waals surface area contributed by atoms with Crippen molar-refractivity contribution in [3.05, 3.63) is 23.8 Å². The lowest BCUT2D eigenvalue weighted by Gasteiger charge is -2.08. The van der Waals surface area contributed by atoms with E-state index in [1.807, 2.05) is 6.92 Å². The molecular weight excluding hydrogens is 262 g/mol. The Bertz CT molecular complexity index is 514. The Hall–Kier alpha value is -2.24. The van der Waals surface area contributed by atoms with Gasteiger partial charge in [-0.1, -0.05) is 13.0 Å². The zero-order chi connectivity index (χ0) is 14.5. The summed E-state index contributed by atoms with van der Waals surface area (Å²) in [7, 11) is 0. The van der Waals surface area contributed by atoms with Crippen molar-refractivity contribution in [3.8, 4) is 11.5 Å². The number of carbonyl (C=O) groups is 2. The maximum atomic E-state index is 11.4. The monoisotopic (exact) mass is 279 g/mol. The molecule has 0 radical (unpaired) electrons. The minimum Gasteiger partial charge on any atom is -0.484 e. The van der Waals surface area contributed by atoms with Crippen LogP contribution in [0.1, 0.15) is 18.9 Å². The van der Waals surface area contributed by atoms with Crippen LogP contribution in [-0.4, -0.2) is 36.2 Å². The predicted octanol–water partition coefficient (Wildman–Crippen LogP) is 0.980. The van der Waals surface area contributed by atoms with Crippen molar-refractivity contribution in [1.29, 1.82) is 0 Å². The van der Waals surface area contributed by atoms with Gasteiger partial charge in [0.25, 0.3) is 5.91 Å². The second-order valence-corrected chi connectivity index (χ2v) is 4.56. The molecule has 0 saturated heterocycles. The van der Waals surface area contributed by atoms with Crippen LogP contribution in [0.4, 0.5) is 0 Å². The molecule has 2 N–H and O–H groups in total. The normalized spacial score (nSPS) is 16.1. The molecule has 20 heavy (non-hydrogen) atoms. The van der Waals surface area contributed by atoms with Crippen molar-refractivity contribution in [2.75, 3.05) is 13.2 Å². The molecular formula is C14H17NO5. The van der Waals surface area contributed by atoms with Crippen LogP contribution in [0.25, 0.3) is 0 Å². The Morgan fingerprint density at radius 1 is 1.50 bits per heavy atom. The van der Waals surface area contributed by atoms with Gasteiger partial charge in [-0.05, 0) is 18.1 Å². The molecule has 6 nitrogen and oxygen atoms in total. The number of carboxylic acids is 1. The van der Waals surface area contributed by atoms with Gasteiger partial charge in [0.1, 0.15) is 11.5 Å². The number of rotatable bonds is 6. The molecule has 0 saturated carbocycles. The maximum absolute atomic E-state index is 11.4. The van der Waals surface area contributed by atoms with E-state index < -0.39 is 12.1 Å². The molecule has 1 atom stereocenters. The van der Waals surface area contributed by atoms with Gasteiger partial charge >= 0.3 is 5.97 Å². The van der Waals surface area contributed by atoms with Crippen LogP contribution in [-0.2, 0) is 16.0 Å². The van der Waals surface area contributed by atoms with Crippen molar-refractivity contribution in [2.45, 2.75) is 25.9 Å². The number of carbonyl (C=O) groups excluding carboxylic acids is 1. The fourth-order valence-corrected chi connectivity index (χ4v) is 1.90. The first kappa shape index (κ1) is 14.2. The van der Waals surface area contributed by atoms with Gasteiger partial charge in [-0.25, -0.2) is 4.79 Å². The molecule has 1 amide bonds. The van der Waals surface area contributed by atoms with Crippen molar-refractivity contribution in [3.63, 3.8) is 0 Å². The van der Waals surface area contributed by atoms with Crippen LogP contribution in [0.2, 0.25) is 0 Å². The highest BCUT2D eigenvalue weighted by molar-refractivity contribution is 5.77. The highest BCUT2D eigenvalue weighted by atomic mass is 16.5. The quantitative estimate of drug-likeness (QED) is 0.811. The molecule has 0 bridgehead atoms. The number of aliphatic carboxylic acids is 1. The molecule has 0 aromatic heterocycles. The Morgan fingerprint density at radius 2 is 2.30 bits per heavy atom. The van der Waals surface area contributed by atoms with E-state index in [0.29, 0.717) is 24.5 Å². The summed E-state index contributed by atoms with van der Waals surface area (Å²) in [5.74, 6) is -0.176. The summed E-state index contributed by atoms with van der Waals surface area (Å²) in [6.45, 7) is 2.52. The third-order valence-corrected chi connectivity index (χ3v) is 2.93. The minimum atomic E-state index is -0.984. The summed E-state index contributed by atoms with van der Waals surface area (Å²) in [5, 5.41) is 11.6. The SMILES string of the molecule is CCCNC(=O)COc1ccc2c(c1)OC(C(=O)O)C2. The van der Waals surface area contributed by atoms with Gasteiger partial charge in [0.2, 0.25) is 0 Å². The Labute approximate surface area is 116 Å². The molecule has 108 valence electrons. The van der Waals surface area contributed by atoms with Gasteiger partial charge < -0.3 is 19.9 Å². The van der Waals surface area contributed by atoms with Gasteiger partial charge in [-0.2, -0.15) is 0 Å². The molecule has 1 aromatic rings. The van der Waals surface area contributed by atoms with Crippen LogP contribution in [0, 0.1) is 0 Å². The molecule has 0 aliphatic carbocycles. The standard InChI is InChI=1S/C14H17NO5/c1-2-5-15-13(16)8-19-10-4-3-9-6-12(14(17)18)20-11(9)7-10/h3-4,7,12H,2,5-6,8H2,1H3,(H,15,16)(H,17,18). The van der Waals surface area contributed by atoms with Gasteiger partial charge in [0, 0.05) is 19.0 Å². The predicted molar refractivity (Wildman–Crippen MR) is 71.0 cm³/mol. The van der Waals surface area contributed by atoms with E-state index in [9.17, 15) is 9.59 Å². The van der Waals surface area contributed by atoms with Crippen molar-refractivity contribution >= 4 is 11.9 Å². The largest absolute Gasteiger partial charge is 0.484 e. The number of benzene rings is 1. The number of ether oxygens (including phenoxy) is 2. The summed E-state index contributed by atoms with van der Waals surface area (Å²) in [5.41, 5.74) is 0.834. The van der Waals surface area contributed by atoms with E-state index in [0.717, 1.165) is 12.0 Å². The Morgan fingerprint density at radius 3 is 3.00 bits per heavy atom. The van der Waals surface area contributed by atoms with E-state index in [-0.39, 0.29) is 12.5 Å². The van der Waals surface area contributed by atoms with Crippen molar-refractivity contribution < 1.29 is 24.2 Å². The van der Waals surface area contributed by atoms with Gasteiger partial charge in [0.15, 0.2) is 12.7 Å². The average Bonchev–Trinajstić information content (AvgIpc) is 2.86. The van der Waals surface area contributed by atoms with Crippen LogP contribution in [0.3, 0.4) is 0 Å². The molecule has 1 aliphatic heterocycles. The average molecular weight is 279 g/mol. The van der Waals surface area contributed by atoms with Gasteiger partial charge in [0.05, 0.1) is 0 Å². The molecule has 6 heteroatoms. The lowest BCUT2D eigenvalue weighted by atomic mass is 10.1. The first-order valence-electron chi connectivity index (χ1n) is 6.52. The van der Waals surface area contributed by atoms with E-state index in [1.165, 1.54) is 0 Å². The summed E-state index contributed by atoms with van der Waals surface area (Å²) in [6.07, 6.45) is 0.379. The summed E-state index contributed by atoms with van der Waals surface area (Å²) < 4.78 is 10.6. The van der Waals surface area contributed by atoms with Crippen LogP contribution >= 0.6 is 0 Å². The topological polar surface area (TPSA) is 84.9 Å². The molecule has 1 aliphatic rings. The number of carboxylic acid groups (broad SMARTS) is 1. The minimum absolute atomic E-state index is 0.0683. The number of amides is 1. The molecule has 0 spiro atoms. The highest BCUT2D eigenvalue weighted by Gasteiger charge is 2.28. The van der Waals surface area contributed by atoms with Crippen LogP contribution in [0.5, 0.6) is 11.5 Å². The molecule has 1 unspecified atom stereocenters. The Balaban J connectivity index is 1.91. The Kier molecular flexibility index (Phi) is 4.45. The zero-order valence-corrected chi connectivity index (χ0v) is 11.2. The second-order valence-electron chi connectivity index (χ2n) is 4.56.